The Balaban J connectivity index is 1.47. The summed E-state index contributed by atoms with van der Waals surface area (Å²) in [6.07, 6.45) is 8.94. The van der Waals surface area contributed by atoms with E-state index in [9.17, 15) is 4.79 Å². The quantitative estimate of drug-likeness (QED) is 0.925. The van der Waals surface area contributed by atoms with E-state index in [2.05, 4.69) is 33.1 Å². The molecule has 2 aliphatic rings. The van der Waals surface area contributed by atoms with Crippen molar-refractivity contribution in [2.75, 3.05) is 0 Å². The molecule has 0 spiro atoms. The Kier molecular flexibility index (Phi) is 3.45. The molecule has 0 saturated heterocycles. The Morgan fingerprint density at radius 3 is 3.09 bits per heavy atom. The molecule has 4 heteroatoms. The number of aryl methyl sites for hydroxylation is 2. The first-order valence-electron chi connectivity index (χ1n) is 8.19. The Bertz CT molecular complexity index is 691. The van der Waals surface area contributed by atoms with Crippen LogP contribution in [0.4, 0.5) is 0 Å². The van der Waals surface area contributed by atoms with Gasteiger partial charge in [0.25, 0.3) is 0 Å². The van der Waals surface area contributed by atoms with Gasteiger partial charge in [0.05, 0.1) is 5.92 Å². The van der Waals surface area contributed by atoms with E-state index in [-0.39, 0.29) is 17.9 Å². The summed E-state index contributed by atoms with van der Waals surface area (Å²) in [4.78, 5) is 17.1. The first kappa shape index (κ1) is 13.6. The molecular weight excluding hydrogens is 274 g/mol. The maximum absolute atomic E-state index is 12.7. The second-order valence-electron chi connectivity index (χ2n) is 6.38. The number of hydrogen-bond donors (Lipinski definition) is 1. The van der Waals surface area contributed by atoms with Crippen LogP contribution in [0.5, 0.6) is 0 Å². The summed E-state index contributed by atoms with van der Waals surface area (Å²) in [6.45, 7) is 0.843. The summed E-state index contributed by atoms with van der Waals surface area (Å²) in [5, 5.41) is 3.27. The van der Waals surface area contributed by atoms with Gasteiger partial charge in [0.2, 0.25) is 5.91 Å². The molecule has 2 atom stereocenters. The number of carbonyl (C=O) groups excluding carboxylic acids is 1. The number of rotatable bonds is 2. The zero-order chi connectivity index (χ0) is 14.9. The van der Waals surface area contributed by atoms with E-state index in [0.29, 0.717) is 0 Å². The number of carbonyl (C=O) groups is 1. The fraction of sp³-hybridized carbons (Fsp3) is 0.444. The molecule has 2 aromatic rings. The number of fused-ring (bicyclic) bond motifs is 2. The number of amides is 1. The van der Waals surface area contributed by atoms with Crippen molar-refractivity contribution in [1.29, 1.82) is 0 Å². The van der Waals surface area contributed by atoms with Crippen LogP contribution in [0.25, 0.3) is 0 Å². The molecule has 1 aromatic heterocycles. The fourth-order valence-corrected chi connectivity index (χ4v) is 3.81. The zero-order valence-electron chi connectivity index (χ0n) is 12.7. The van der Waals surface area contributed by atoms with Gasteiger partial charge >= 0.3 is 0 Å². The summed E-state index contributed by atoms with van der Waals surface area (Å²) in [7, 11) is 0. The first-order valence-corrected chi connectivity index (χ1v) is 8.19. The molecule has 0 bridgehead atoms. The van der Waals surface area contributed by atoms with Crippen molar-refractivity contribution in [3.63, 3.8) is 0 Å². The minimum atomic E-state index is 0.0223. The summed E-state index contributed by atoms with van der Waals surface area (Å²) in [5.41, 5.74) is 2.57. The zero-order valence-corrected chi connectivity index (χ0v) is 12.7. The Hall–Kier alpha value is -2.10. The van der Waals surface area contributed by atoms with Gasteiger partial charge in [-0.25, -0.2) is 4.98 Å². The lowest BCUT2D eigenvalue weighted by atomic mass is 9.82. The van der Waals surface area contributed by atoms with E-state index in [0.717, 1.165) is 44.5 Å². The predicted molar refractivity (Wildman–Crippen MR) is 84.6 cm³/mol. The highest BCUT2D eigenvalue weighted by atomic mass is 16.1. The van der Waals surface area contributed by atoms with Crippen LogP contribution in [0.1, 0.15) is 42.1 Å². The lowest BCUT2D eigenvalue weighted by molar-refractivity contribution is -0.123. The van der Waals surface area contributed by atoms with Gasteiger partial charge in [0.1, 0.15) is 5.82 Å². The molecule has 2 heterocycles. The third-order valence-corrected chi connectivity index (χ3v) is 4.97. The van der Waals surface area contributed by atoms with Crippen LogP contribution in [-0.4, -0.2) is 21.5 Å². The van der Waals surface area contributed by atoms with Crippen molar-refractivity contribution < 1.29 is 4.79 Å². The topological polar surface area (TPSA) is 46.9 Å². The van der Waals surface area contributed by atoms with Crippen molar-refractivity contribution >= 4 is 5.91 Å². The van der Waals surface area contributed by atoms with Crippen LogP contribution in [0.3, 0.4) is 0 Å². The average Bonchev–Trinajstić information content (AvgIpc) is 3.02. The Morgan fingerprint density at radius 1 is 1.23 bits per heavy atom. The van der Waals surface area contributed by atoms with E-state index < -0.39 is 0 Å². The lowest BCUT2D eigenvalue weighted by Gasteiger charge is -2.29. The van der Waals surface area contributed by atoms with E-state index >= 15 is 0 Å². The van der Waals surface area contributed by atoms with Gasteiger partial charge in [-0.05, 0) is 36.8 Å². The molecule has 1 amide bonds. The molecule has 4 rings (SSSR count). The molecule has 1 aliphatic heterocycles. The third kappa shape index (κ3) is 2.43. The molecular formula is C18H21N3O. The van der Waals surface area contributed by atoms with Crippen LogP contribution in [0, 0.1) is 0 Å². The average molecular weight is 295 g/mol. The van der Waals surface area contributed by atoms with Gasteiger partial charge < -0.3 is 9.88 Å². The van der Waals surface area contributed by atoms with Gasteiger partial charge in [0.15, 0.2) is 0 Å². The number of benzene rings is 1. The van der Waals surface area contributed by atoms with Gasteiger partial charge in [-0.2, -0.15) is 0 Å². The fourth-order valence-electron chi connectivity index (χ4n) is 3.81. The SMILES string of the molecule is O=C(N[C@H]1CCc2nccn2C1)[C@@H]1CCCc2ccccc21. The van der Waals surface area contributed by atoms with Gasteiger partial charge in [-0.15, -0.1) is 0 Å². The van der Waals surface area contributed by atoms with Crippen molar-refractivity contribution in [2.24, 2.45) is 0 Å². The molecule has 114 valence electrons. The van der Waals surface area contributed by atoms with Crippen LogP contribution in [-0.2, 0) is 24.2 Å². The molecule has 1 aromatic carbocycles. The minimum Gasteiger partial charge on any atom is -0.351 e. The number of nitrogens with one attached hydrogen (secondary N) is 1. The van der Waals surface area contributed by atoms with Crippen molar-refractivity contribution in [1.82, 2.24) is 14.9 Å². The highest BCUT2D eigenvalue weighted by molar-refractivity contribution is 5.84. The Morgan fingerprint density at radius 2 is 2.14 bits per heavy atom. The van der Waals surface area contributed by atoms with Crippen molar-refractivity contribution in [2.45, 2.75) is 50.6 Å². The normalized spacial score (nSPS) is 23.5. The number of nitrogens with zero attached hydrogens (tertiary/aromatic N) is 2. The highest BCUT2D eigenvalue weighted by Gasteiger charge is 2.28. The summed E-state index contributed by atoms with van der Waals surface area (Å²) < 4.78 is 2.16. The monoisotopic (exact) mass is 295 g/mol. The van der Waals surface area contributed by atoms with Crippen LogP contribution in [0.2, 0.25) is 0 Å². The van der Waals surface area contributed by atoms with Crippen LogP contribution < -0.4 is 5.32 Å². The smallest absolute Gasteiger partial charge is 0.227 e. The van der Waals surface area contributed by atoms with Crippen LogP contribution >= 0.6 is 0 Å². The summed E-state index contributed by atoms with van der Waals surface area (Å²) >= 11 is 0. The van der Waals surface area contributed by atoms with E-state index in [4.69, 9.17) is 0 Å². The second kappa shape index (κ2) is 5.59. The highest BCUT2D eigenvalue weighted by Crippen LogP contribution is 2.31. The third-order valence-electron chi connectivity index (χ3n) is 4.97. The molecule has 1 aliphatic carbocycles. The second-order valence-corrected chi connectivity index (χ2v) is 6.38. The molecule has 1 N–H and O–H groups in total. The summed E-state index contributed by atoms with van der Waals surface area (Å²) in [6, 6.07) is 8.62. The van der Waals surface area contributed by atoms with Crippen molar-refractivity contribution in [3.8, 4) is 0 Å². The number of aromatic nitrogens is 2. The first-order chi connectivity index (χ1) is 10.8. The Labute approximate surface area is 130 Å². The minimum absolute atomic E-state index is 0.0223. The lowest BCUT2D eigenvalue weighted by Crippen LogP contribution is -2.43. The molecule has 0 unspecified atom stereocenters. The largest absolute Gasteiger partial charge is 0.351 e. The molecule has 0 fully saturated rings. The predicted octanol–water partition coefficient (Wildman–Crippen LogP) is 2.43. The van der Waals surface area contributed by atoms with Gasteiger partial charge in [-0.1, -0.05) is 24.3 Å². The van der Waals surface area contributed by atoms with Gasteiger partial charge in [0, 0.05) is 31.4 Å². The maximum Gasteiger partial charge on any atom is 0.227 e. The van der Waals surface area contributed by atoms with Gasteiger partial charge in [-0.3, -0.25) is 4.79 Å². The molecule has 4 nitrogen and oxygen atoms in total. The van der Waals surface area contributed by atoms with Crippen molar-refractivity contribution in [3.05, 3.63) is 53.6 Å². The molecule has 0 saturated carbocycles. The standard InChI is InChI=1S/C18H21N3O/c22-18(16-7-3-5-13-4-1-2-6-15(13)16)20-14-8-9-17-19-10-11-21(17)12-14/h1-2,4,6,10-11,14,16H,3,5,7-9,12H2,(H,20,22)/t14-,16+/m0/s1. The molecule has 22 heavy (non-hydrogen) atoms. The van der Waals surface area contributed by atoms with E-state index in [1.807, 2.05) is 18.5 Å². The molecule has 0 radical (unpaired) electrons. The van der Waals surface area contributed by atoms with Crippen LogP contribution in [0.15, 0.2) is 36.7 Å². The number of hydrogen-bond acceptors (Lipinski definition) is 2. The summed E-state index contributed by atoms with van der Waals surface area (Å²) in [5.74, 6) is 1.35. The maximum atomic E-state index is 12.7. The van der Waals surface area contributed by atoms with E-state index in [1.54, 1.807) is 0 Å². The number of imidazole rings is 1. The van der Waals surface area contributed by atoms with E-state index in [1.165, 1.54) is 11.1 Å².